The number of carbonyl (C=O) groups excluding carboxylic acids is 4. The second-order valence-electron chi connectivity index (χ2n) is 28.7. The number of aliphatic hydroxyl groups excluding tert-OH is 1. The zero-order valence-corrected chi connectivity index (χ0v) is 64.5. The van der Waals surface area contributed by atoms with Gasteiger partial charge in [-0.25, -0.2) is 9.13 Å². The van der Waals surface area contributed by atoms with Gasteiger partial charge in [0.05, 0.1) is 26.4 Å². The van der Waals surface area contributed by atoms with Crippen LogP contribution in [0.1, 0.15) is 401 Å². The van der Waals surface area contributed by atoms with E-state index in [1.165, 1.54) is 212 Å². The smallest absolute Gasteiger partial charge is 0.462 e. The molecule has 0 heterocycles. The maximum atomic E-state index is 13.1. The molecule has 0 radical (unpaired) electrons. The van der Waals surface area contributed by atoms with Crippen molar-refractivity contribution in [1.82, 2.24) is 0 Å². The monoisotopic (exact) mass is 1410 g/mol. The van der Waals surface area contributed by atoms with Gasteiger partial charge in [-0.3, -0.25) is 37.3 Å². The van der Waals surface area contributed by atoms with Crippen LogP contribution < -0.4 is 0 Å². The van der Waals surface area contributed by atoms with Gasteiger partial charge in [0.25, 0.3) is 0 Å². The molecule has 2 unspecified atom stereocenters. The van der Waals surface area contributed by atoms with Gasteiger partial charge in [0.15, 0.2) is 12.2 Å². The van der Waals surface area contributed by atoms with Gasteiger partial charge >= 0.3 is 39.5 Å². The molecule has 0 bridgehead atoms. The summed E-state index contributed by atoms with van der Waals surface area (Å²) in [5.74, 6) is -0.610. The summed E-state index contributed by atoms with van der Waals surface area (Å²) in [6, 6.07) is 0. The van der Waals surface area contributed by atoms with E-state index in [0.717, 1.165) is 108 Å². The van der Waals surface area contributed by atoms with E-state index >= 15 is 0 Å². The Labute approximate surface area is 588 Å². The van der Waals surface area contributed by atoms with Crippen LogP contribution >= 0.6 is 15.6 Å². The van der Waals surface area contributed by atoms with E-state index in [4.69, 9.17) is 37.0 Å². The Hall–Kier alpha value is -1.94. The van der Waals surface area contributed by atoms with Gasteiger partial charge < -0.3 is 33.8 Å². The van der Waals surface area contributed by atoms with E-state index in [2.05, 4.69) is 41.5 Å². The summed E-state index contributed by atoms with van der Waals surface area (Å²) in [6.45, 7) is 9.55. The Balaban J connectivity index is 5.18. The first-order valence-electron chi connectivity index (χ1n) is 40.0. The zero-order chi connectivity index (χ0) is 70.7. The molecule has 0 saturated carbocycles. The molecule has 0 saturated heterocycles. The van der Waals surface area contributed by atoms with Gasteiger partial charge in [0.1, 0.15) is 19.3 Å². The van der Waals surface area contributed by atoms with Gasteiger partial charge in [0.2, 0.25) is 0 Å². The van der Waals surface area contributed by atoms with Crippen LogP contribution in [-0.4, -0.2) is 96.7 Å². The Morgan fingerprint density at radius 1 is 0.281 bits per heavy atom. The van der Waals surface area contributed by atoms with Gasteiger partial charge in [-0.2, -0.15) is 0 Å². The van der Waals surface area contributed by atoms with Crippen molar-refractivity contribution in [3.05, 3.63) is 0 Å². The molecule has 0 aliphatic rings. The van der Waals surface area contributed by atoms with Crippen LogP contribution in [-0.2, 0) is 65.4 Å². The number of carbonyl (C=O) groups is 4. The van der Waals surface area contributed by atoms with E-state index in [-0.39, 0.29) is 25.7 Å². The fourth-order valence-corrected chi connectivity index (χ4v) is 13.4. The topological polar surface area (TPSA) is 237 Å². The number of rotatable bonds is 76. The Bertz CT molecular complexity index is 1860. The lowest BCUT2D eigenvalue weighted by Gasteiger charge is -2.21. The van der Waals surface area contributed by atoms with Crippen molar-refractivity contribution in [1.29, 1.82) is 0 Å². The summed E-state index contributed by atoms with van der Waals surface area (Å²) in [4.78, 5) is 72.7. The Kier molecular flexibility index (Phi) is 67.4. The van der Waals surface area contributed by atoms with E-state index in [0.29, 0.717) is 25.7 Å². The lowest BCUT2D eigenvalue weighted by molar-refractivity contribution is -0.161. The quantitative estimate of drug-likeness (QED) is 0.0222. The minimum absolute atomic E-state index is 0.104. The lowest BCUT2D eigenvalue weighted by atomic mass is 10.0. The number of unbranched alkanes of at least 4 members (excludes halogenated alkanes) is 46. The second kappa shape index (κ2) is 68.8. The normalized spacial score (nSPS) is 14.0. The van der Waals surface area contributed by atoms with Crippen molar-refractivity contribution in [3.8, 4) is 0 Å². The maximum Gasteiger partial charge on any atom is 0.472 e. The van der Waals surface area contributed by atoms with E-state index < -0.39 is 97.5 Å². The second-order valence-corrected chi connectivity index (χ2v) is 31.6. The molecular weight excluding hydrogens is 1260 g/mol. The molecule has 19 heteroatoms. The SMILES string of the molecule is CCCCCCCCCCCCCCCCCCCCCCCC(=O)O[C@H](COC(=O)CCCCCCCCCCCCCCCC(C)C)COP(=O)(O)OC[C@@H](O)COP(=O)(O)OC[C@@H](COC(=O)CCCCCCCCCC)OC(=O)CCCCCCCCCCC(C)C. The van der Waals surface area contributed by atoms with Gasteiger partial charge in [-0.05, 0) is 37.5 Å². The molecule has 0 rings (SSSR count). The summed E-state index contributed by atoms with van der Waals surface area (Å²) < 4.78 is 68.5. The molecule has 0 amide bonds. The summed E-state index contributed by atoms with van der Waals surface area (Å²) in [5, 5.41) is 10.6. The first kappa shape index (κ1) is 94.1. The number of phosphoric acid groups is 2. The Morgan fingerprint density at radius 3 is 0.708 bits per heavy atom. The number of aliphatic hydroxyl groups is 1. The third-order valence-electron chi connectivity index (χ3n) is 18.0. The average molecular weight is 1410 g/mol. The zero-order valence-electron chi connectivity index (χ0n) is 62.7. The lowest BCUT2D eigenvalue weighted by Crippen LogP contribution is -2.30. The fraction of sp³-hybridized carbons (Fsp3) is 0.948. The van der Waals surface area contributed by atoms with Crippen molar-refractivity contribution < 1.29 is 80.2 Å². The predicted molar refractivity (Wildman–Crippen MR) is 391 cm³/mol. The highest BCUT2D eigenvalue weighted by Crippen LogP contribution is 2.45. The van der Waals surface area contributed by atoms with Crippen LogP contribution in [0.3, 0.4) is 0 Å². The molecule has 0 aliphatic carbocycles. The molecule has 5 atom stereocenters. The average Bonchev–Trinajstić information content (AvgIpc) is 1.81. The first-order valence-corrected chi connectivity index (χ1v) is 43.0. The third-order valence-corrected chi connectivity index (χ3v) is 19.9. The molecule has 0 aromatic carbocycles. The molecule has 0 aliphatic heterocycles. The van der Waals surface area contributed by atoms with Crippen molar-refractivity contribution >= 4 is 39.5 Å². The third kappa shape index (κ3) is 70.5. The van der Waals surface area contributed by atoms with Crippen LogP contribution in [0.4, 0.5) is 0 Å². The molecule has 0 fully saturated rings. The number of hydrogen-bond acceptors (Lipinski definition) is 15. The van der Waals surface area contributed by atoms with Crippen molar-refractivity contribution in [3.63, 3.8) is 0 Å². The first-order chi connectivity index (χ1) is 46.4. The van der Waals surface area contributed by atoms with E-state index in [9.17, 15) is 43.2 Å². The highest BCUT2D eigenvalue weighted by atomic mass is 31.2. The van der Waals surface area contributed by atoms with Crippen LogP contribution in [0.25, 0.3) is 0 Å². The molecule has 17 nitrogen and oxygen atoms in total. The predicted octanol–water partition coefficient (Wildman–Crippen LogP) is 22.7. The highest BCUT2D eigenvalue weighted by molar-refractivity contribution is 7.47. The molecule has 0 spiro atoms. The summed E-state index contributed by atoms with van der Waals surface area (Å²) in [5.41, 5.74) is 0. The molecule has 0 aromatic heterocycles. The molecule has 96 heavy (non-hydrogen) atoms. The summed E-state index contributed by atoms with van der Waals surface area (Å²) >= 11 is 0. The number of hydrogen-bond donors (Lipinski definition) is 3. The Morgan fingerprint density at radius 2 is 0.479 bits per heavy atom. The van der Waals surface area contributed by atoms with Crippen molar-refractivity contribution in [2.45, 2.75) is 419 Å². The minimum Gasteiger partial charge on any atom is -0.462 e. The van der Waals surface area contributed by atoms with Crippen molar-refractivity contribution in [2.75, 3.05) is 39.6 Å². The van der Waals surface area contributed by atoms with Crippen LogP contribution in [0.15, 0.2) is 0 Å². The van der Waals surface area contributed by atoms with Crippen LogP contribution in [0, 0.1) is 11.8 Å². The molecular formula is C77H150O17P2. The standard InChI is InChI=1S/C77H150O17P2/c1-7-9-11-13-15-17-18-19-20-21-22-23-24-25-26-29-33-36-43-49-55-61-76(81)93-73(66-88-75(80)60-54-48-42-35-32-30-27-28-31-34-39-45-51-57-69(3)4)68-92-96(85,86)90-64-71(78)63-89-95(83,84)91-67-72(65-87-74(79)59-53-47-41-16-14-12-10-8-2)94-77(82)62-56-50-44-38-37-40-46-52-58-70(5)6/h69-73,78H,7-68H2,1-6H3,(H,83,84)(H,85,86)/t71-,72+,73+/m0/s1. The maximum absolute atomic E-state index is 13.1. The van der Waals surface area contributed by atoms with Crippen molar-refractivity contribution in [2.24, 2.45) is 11.8 Å². The van der Waals surface area contributed by atoms with Gasteiger partial charge in [-0.1, -0.05) is 350 Å². The molecule has 0 aromatic rings. The highest BCUT2D eigenvalue weighted by Gasteiger charge is 2.30. The van der Waals surface area contributed by atoms with Crippen LogP contribution in [0.5, 0.6) is 0 Å². The summed E-state index contributed by atoms with van der Waals surface area (Å²) in [7, 11) is -9.91. The van der Waals surface area contributed by atoms with Gasteiger partial charge in [-0.15, -0.1) is 0 Å². The largest absolute Gasteiger partial charge is 0.472 e. The number of ether oxygens (including phenoxy) is 4. The molecule has 3 N–H and O–H groups in total. The van der Waals surface area contributed by atoms with Crippen LogP contribution in [0.2, 0.25) is 0 Å². The number of phosphoric ester groups is 2. The molecule has 570 valence electrons. The minimum atomic E-state index is -4.96. The fourth-order valence-electron chi connectivity index (χ4n) is 11.8. The van der Waals surface area contributed by atoms with Gasteiger partial charge in [0, 0.05) is 25.7 Å². The summed E-state index contributed by atoms with van der Waals surface area (Å²) in [6.07, 6.45) is 57.1. The number of esters is 4. The van der Waals surface area contributed by atoms with E-state index in [1.807, 2.05) is 0 Å². The van der Waals surface area contributed by atoms with E-state index in [1.54, 1.807) is 0 Å².